The second kappa shape index (κ2) is 7.60. The molecule has 1 aromatic heterocycles. The van der Waals surface area contributed by atoms with Crippen LogP contribution in [0, 0.1) is 0 Å². The van der Waals surface area contributed by atoms with Crippen LogP contribution < -0.4 is 0 Å². The molecular formula is C18H14Cl2N2O2S. The maximum atomic E-state index is 13.0. The van der Waals surface area contributed by atoms with E-state index in [1.807, 2.05) is 13.0 Å². The fourth-order valence-corrected chi connectivity index (χ4v) is 3.93. The predicted octanol–water partition coefficient (Wildman–Crippen LogP) is 4.42. The lowest BCUT2D eigenvalue weighted by Gasteiger charge is -2.14. The fourth-order valence-electron chi connectivity index (χ4n) is 2.56. The molecule has 0 saturated carbocycles. The molecule has 2 heterocycles. The Morgan fingerprint density at radius 2 is 1.92 bits per heavy atom. The lowest BCUT2D eigenvalue weighted by molar-refractivity contribution is -0.137. The Morgan fingerprint density at radius 3 is 2.56 bits per heavy atom. The highest BCUT2D eigenvalue weighted by Gasteiger charge is 2.39. The molecule has 0 bridgehead atoms. The van der Waals surface area contributed by atoms with E-state index in [4.69, 9.17) is 23.2 Å². The lowest BCUT2D eigenvalue weighted by Crippen LogP contribution is -2.31. The summed E-state index contributed by atoms with van der Waals surface area (Å²) in [7, 11) is 0. The molecule has 0 aliphatic carbocycles. The first-order valence-corrected chi connectivity index (χ1v) is 9.35. The molecule has 2 amide bonds. The van der Waals surface area contributed by atoms with Crippen molar-refractivity contribution >= 4 is 52.4 Å². The smallest absolute Gasteiger partial charge is 0.268 e. The Labute approximate surface area is 159 Å². The molecule has 0 atom stereocenters. The molecule has 7 heteroatoms. The van der Waals surface area contributed by atoms with Crippen LogP contribution in [0.4, 0.5) is 0 Å². The number of hydrogen-bond acceptors (Lipinski definition) is 4. The summed E-state index contributed by atoms with van der Waals surface area (Å²) in [5.74, 6) is -0.0140. The zero-order valence-corrected chi connectivity index (χ0v) is 15.7. The van der Waals surface area contributed by atoms with Crippen LogP contribution in [0.1, 0.15) is 18.2 Å². The summed E-state index contributed by atoms with van der Waals surface area (Å²) in [6.07, 6.45) is 1.63. The van der Waals surface area contributed by atoms with Gasteiger partial charge in [0.15, 0.2) is 0 Å². The molecule has 0 radical (unpaired) electrons. The van der Waals surface area contributed by atoms with Gasteiger partial charge in [-0.25, -0.2) is 0 Å². The average Bonchev–Trinajstić information content (AvgIpc) is 2.81. The molecule has 1 aliphatic heterocycles. The van der Waals surface area contributed by atoms with E-state index in [9.17, 15) is 9.59 Å². The standard InChI is InChI=1S/C18H14Cl2N2O2S/c1-2-25-16-15(13-7-6-11(19)9-14(13)20)17(23)22(18(16)24)10-12-5-3-4-8-21-12/h3-9H,2,10H2,1H3. The molecule has 0 spiro atoms. The summed E-state index contributed by atoms with van der Waals surface area (Å²) >= 11 is 13.6. The second-order valence-corrected chi connectivity index (χ2v) is 7.40. The number of hydrogen-bond donors (Lipinski definition) is 0. The van der Waals surface area contributed by atoms with Gasteiger partial charge in [0, 0.05) is 16.8 Å². The van der Waals surface area contributed by atoms with Crippen molar-refractivity contribution in [2.75, 3.05) is 5.75 Å². The maximum absolute atomic E-state index is 13.0. The van der Waals surface area contributed by atoms with Crippen LogP contribution in [0.15, 0.2) is 47.5 Å². The van der Waals surface area contributed by atoms with Crippen LogP contribution in [0.5, 0.6) is 0 Å². The number of pyridine rings is 1. The number of carbonyl (C=O) groups is 2. The lowest BCUT2D eigenvalue weighted by atomic mass is 10.1. The predicted molar refractivity (Wildman–Crippen MR) is 101 cm³/mol. The Balaban J connectivity index is 2.02. The third-order valence-corrected chi connectivity index (χ3v) is 5.16. The Bertz CT molecular complexity index is 869. The molecule has 1 aromatic carbocycles. The van der Waals surface area contributed by atoms with Crippen molar-refractivity contribution in [3.63, 3.8) is 0 Å². The molecule has 128 valence electrons. The molecule has 3 rings (SSSR count). The van der Waals surface area contributed by atoms with Crippen LogP contribution in [-0.2, 0) is 16.1 Å². The topological polar surface area (TPSA) is 50.3 Å². The normalized spacial score (nSPS) is 14.6. The van der Waals surface area contributed by atoms with Crippen molar-refractivity contribution < 1.29 is 9.59 Å². The number of rotatable bonds is 5. The number of carbonyl (C=O) groups excluding carboxylic acids is 2. The summed E-state index contributed by atoms with van der Waals surface area (Å²) in [4.78, 5) is 31.6. The van der Waals surface area contributed by atoms with Gasteiger partial charge < -0.3 is 0 Å². The zero-order chi connectivity index (χ0) is 18.0. The van der Waals surface area contributed by atoms with Gasteiger partial charge >= 0.3 is 0 Å². The van der Waals surface area contributed by atoms with Crippen LogP contribution >= 0.6 is 35.0 Å². The minimum Gasteiger partial charge on any atom is -0.269 e. The van der Waals surface area contributed by atoms with Crippen LogP contribution in [0.2, 0.25) is 10.0 Å². The second-order valence-electron chi connectivity index (χ2n) is 5.28. The third kappa shape index (κ3) is 3.59. The summed E-state index contributed by atoms with van der Waals surface area (Å²) in [5.41, 5.74) is 1.49. The molecule has 2 aromatic rings. The van der Waals surface area contributed by atoms with E-state index in [0.29, 0.717) is 37.5 Å². The van der Waals surface area contributed by atoms with Gasteiger partial charge in [-0.1, -0.05) is 42.3 Å². The molecule has 25 heavy (non-hydrogen) atoms. The first kappa shape index (κ1) is 18.0. The minimum atomic E-state index is -0.365. The van der Waals surface area contributed by atoms with E-state index in [1.165, 1.54) is 16.7 Å². The van der Waals surface area contributed by atoms with Gasteiger partial charge in [0.1, 0.15) is 0 Å². The van der Waals surface area contributed by atoms with E-state index in [2.05, 4.69) is 4.98 Å². The fraction of sp³-hybridized carbons (Fsp3) is 0.167. The Kier molecular flexibility index (Phi) is 5.47. The van der Waals surface area contributed by atoms with Crippen molar-refractivity contribution in [1.82, 2.24) is 9.88 Å². The Morgan fingerprint density at radius 1 is 1.12 bits per heavy atom. The van der Waals surface area contributed by atoms with Crippen molar-refractivity contribution in [3.8, 4) is 0 Å². The van der Waals surface area contributed by atoms with E-state index in [1.54, 1.807) is 36.5 Å². The maximum Gasteiger partial charge on any atom is 0.268 e. The molecule has 0 unspecified atom stereocenters. The van der Waals surface area contributed by atoms with Crippen molar-refractivity contribution in [1.29, 1.82) is 0 Å². The number of aromatic nitrogens is 1. The highest BCUT2D eigenvalue weighted by atomic mass is 35.5. The monoisotopic (exact) mass is 392 g/mol. The van der Waals surface area contributed by atoms with E-state index in [0.717, 1.165) is 0 Å². The third-order valence-electron chi connectivity index (χ3n) is 3.66. The van der Waals surface area contributed by atoms with Gasteiger partial charge in [0.25, 0.3) is 11.8 Å². The molecule has 0 N–H and O–H groups in total. The summed E-state index contributed by atoms with van der Waals surface area (Å²) in [6, 6.07) is 10.3. The molecule has 0 saturated heterocycles. The highest BCUT2D eigenvalue weighted by Crippen LogP contribution is 2.39. The quantitative estimate of drug-likeness (QED) is 0.706. The van der Waals surface area contributed by atoms with Gasteiger partial charge in [-0.15, -0.1) is 11.8 Å². The number of imide groups is 1. The largest absolute Gasteiger partial charge is 0.269 e. The van der Waals surface area contributed by atoms with Gasteiger partial charge in [0.2, 0.25) is 0 Å². The first-order chi connectivity index (χ1) is 12.0. The summed E-state index contributed by atoms with van der Waals surface area (Å²) in [6.45, 7) is 2.05. The van der Waals surface area contributed by atoms with Crippen LogP contribution in [0.3, 0.4) is 0 Å². The molecular weight excluding hydrogens is 379 g/mol. The van der Waals surface area contributed by atoms with Crippen molar-refractivity contribution in [2.45, 2.75) is 13.5 Å². The number of benzene rings is 1. The minimum absolute atomic E-state index is 0.126. The van der Waals surface area contributed by atoms with Crippen molar-refractivity contribution in [3.05, 3.63) is 68.8 Å². The molecule has 1 aliphatic rings. The Hall–Kier alpha value is -1.82. The van der Waals surface area contributed by atoms with Crippen LogP contribution in [0.25, 0.3) is 5.57 Å². The van der Waals surface area contributed by atoms with Gasteiger partial charge in [-0.3, -0.25) is 19.5 Å². The van der Waals surface area contributed by atoms with Crippen LogP contribution in [-0.4, -0.2) is 27.5 Å². The first-order valence-electron chi connectivity index (χ1n) is 7.61. The highest BCUT2D eigenvalue weighted by molar-refractivity contribution is 8.04. The summed E-state index contributed by atoms with van der Waals surface area (Å²) < 4.78 is 0. The van der Waals surface area contributed by atoms with Gasteiger partial charge in [0.05, 0.1) is 27.7 Å². The molecule has 4 nitrogen and oxygen atoms in total. The molecule has 0 fully saturated rings. The number of amides is 2. The summed E-state index contributed by atoms with van der Waals surface area (Å²) in [5, 5.41) is 0.818. The van der Waals surface area contributed by atoms with Gasteiger partial charge in [-0.2, -0.15) is 0 Å². The zero-order valence-electron chi connectivity index (χ0n) is 13.3. The van der Waals surface area contributed by atoms with Crippen molar-refractivity contribution in [2.24, 2.45) is 0 Å². The number of nitrogens with zero attached hydrogens (tertiary/aromatic N) is 2. The number of thioether (sulfide) groups is 1. The van der Waals surface area contributed by atoms with E-state index < -0.39 is 0 Å². The SMILES string of the molecule is CCSC1=C(c2ccc(Cl)cc2Cl)C(=O)N(Cc2ccccn2)C1=O. The van der Waals surface area contributed by atoms with E-state index in [-0.39, 0.29) is 18.4 Å². The average molecular weight is 393 g/mol. The number of halogens is 2. The van der Waals surface area contributed by atoms with E-state index >= 15 is 0 Å². The van der Waals surface area contributed by atoms with Gasteiger partial charge in [-0.05, 0) is 30.0 Å².